The number of hydrogen-bond donors (Lipinski definition) is 5. The monoisotopic (exact) mass is 447 g/mol. The summed E-state index contributed by atoms with van der Waals surface area (Å²) in [5, 5.41) is 23.0. The number of pyridine rings is 1. The lowest BCUT2D eigenvalue weighted by atomic mass is 10.0. The molecule has 1 amide bonds. The fraction of sp³-hybridized carbons (Fsp3) is 0.611. The number of rotatable bonds is 9. The summed E-state index contributed by atoms with van der Waals surface area (Å²) in [5.41, 5.74) is 0.202. The van der Waals surface area contributed by atoms with E-state index in [2.05, 4.69) is 9.84 Å². The second kappa shape index (κ2) is 10.1. The van der Waals surface area contributed by atoms with Gasteiger partial charge in [-0.1, -0.05) is 13.8 Å². The van der Waals surface area contributed by atoms with Crippen molar-refractivity contribution >= 4 is 19.5 Å². The Labute approximate surface area is 173 Å². The predicted molar refractivity (Wildman–Crippen MR) is 102 cm³/mol. The molecular weight excluding hydrogens is 419 g/mol. The zero-order valence-corrected chi connectivity index (χ0v) is 17.8. The molecule has 5 N–H and O–H groups in total. The number of aliphatic hydroxyl groups excluding tert-OH is 2. The Hall–Kier alpha value is -1.72. The van der Waals surface area contributed by atoms with E-state index in [0.29, 0.717) is 6.42 Å². The lowest BCUT2D eigenvalue weighted by Crippen LogP contribution is -2.47. The standard InChI is InChI=1S/C18H27N2O9P/c1-10(2)7-13(11(3)21)19-17(24)12-5-4-6-20(8-12)18-16(23)15(22)14(29-18)9-28-30(25,26)27/h4-6,8,10,13-16,18,22-23H,7,9H2,1-3H3,(H2-,19,24,25,26,27)/p+1/t13-,14+,15+,16+,18+/m0/s1. The van der Waals surface area contributed by atoms with E-state index in [1.165, 1.54) is 36.0 Å². The van der Waals surface area contributed by atoms with Crippen LogP contribution >= 0.6 is 7.82 Å². The Kier molecular flexibility index (Phi) is 8.23. The van der Waals surface area contributed by atoms with Gasteiger partial charge in [-0.05, 0) is 25.3 Å². The molecule has 1 aliphatic rings. The first kappa shape index (κ1) is 24.5. The van der Waals surface area contributed by atoms with Gasteiger partial charge < -0.3 is 30.1 Å². The number of ketones is 1. The van der Waals surface area contributed by atoms with Gasteiger partial charge >= 0.3 is 7.82 Å². The van der Waals surface area contributed by atoms with Crippen LogP contribution < -0.4 is 9.88 Å². The fourth-order valence-electron chi connectivity index (χ4n) is 3.11. The SMILES string of the molecule is CC(=O)[C@H](CC(C)C)NC(=O)c1ccc[n+]([C@@H]2O[C@H](COP(=O)(O)O)[C@@H](O)[C@H]2O)c1. The van der Waals surface area contributed by atoms with E-state index in [1.807, 2.05) is 13.8 Å². The van der Waals surface area contributed by atoms with E-state index in [-0.39, 0.29) is 17.3 Å². The van der Waals surface area contributed by atoms with Crippen molar-refractivity contribution in [2.75, 3.05) is 6.61 Å². The second-order valence-corrected chi connectivity index (χ2v) is 8.88. The summed E-state index contributed by atoms with van der Waals surface area (Å²) < 4.78 is 22.0. The largest absolute Gasteiger partial charge is 0.469 e. The third kappa shape index (κ3) is 6.64. The average Bonchev–Trinajstić information content (AvgIpc) is 2.93. The molecule has 0 unspecified atom stereocenters. The Morgan fingerprint density at radius 2 is 1.97 bits per heavy atom. The average molecular weight is 447 g/mol. The highest BCUT2D eigenvalue weighted by Gasteiger charge is 2.49. The van der Waals surface area contributed by atoms with Gasteiger partial charge in [0.05, 0.1) is 12.6 Å². The Bertz CT molecular complexity index is 813. The molecule has 0 radical (unpaired) electrons. The van der Waals surface area contributed by atoms with Crippen LogP contribution in [0.4, 0.5) is 0 Å². The van der Waals surface area contributed by atoms with Gasteiger partial charge in [-0.15, -0.1) is 0 Å². The summed E-state index contributed by atoms with van der Waals surface area (Å²) in [6, 6.07) is 2.42. The van der Waals surface area contributed by atoms with Crippen LogP contribution in [0.2, 0.25) is 0 Å². The normalized spacial score (nSPS) is 25.3. The number of hydrogen-bond acceptors (Lipinski definition) is 7. The van der Waals surface area contributed by atoms with E-state index < -0.39 is 50.9 Å². The van der Waals surface area contributed by atoms with E-state index in [9.17, 15) is 24.4 Å². The van der Waals surface area contributed by atoms with Crippen LogP contribution in [0.3, 0.4) is 0 Å². The third-order valence-electron chi connectivity index (χ3n) is 4.63. The summed E-state index contributed by atoms with van der Waals surface area (Å²) >= 11 is 0. The number of phosphoric ester groups is 1. The number of nitrogens with zero attached hydrogens (tertiary/aromatic N) is 1. The van der Waals surface area contributed by atoms with Crippen LogP contribution in [-0.4, -0.2) is 62.7 Å². The molecular formula is C18H28N2O9P+. The van der Waals surface area contributed by atoms with Crippen LogP contribution in [0.15, 0.2) is 24.5 Å². The van der Waals surface area contributed by atoms with Crippen molar-refractivity contribution in [3.63, 3.8) is 0 Å². The molecule has 0 aliphatic carbocycles. The van der Waals surface area contributed by atoms with Crippen LogP contribution in [0.25, 0.3) is 0 Å². The molecule has 0 bridgehead atoms. The number of aliphatic hydroxyl groups is 2. The number of aromatic nitrogens is 1. The number of carbonyl (C=O) groups is 2. The minimum absolute atomic E-state index is 0.161. The van der Waals surface area contributed by atoms with E-state index >= 15 is 0 Å². The van der Waals surface area contributed by atoms with Crippen molar-refractivity contribution in [2.45, 2.75) is 57.8 Å². The molecule has 12 heteroatoms. The van der Waals surface area contributed by atoms with Crippen molar-refractivity contribution in [3.05, 3.63) is 30.1 Å². The lowest BCUT2D eigenvalue weighted by molar-refractivity contribution is -0.765. The number of ether oxygens (including phenoxy) is 1. The first-order chi connectivity index (χ1) is 13.9. The minimum atomic E-state index is -4.77. The van der Waals surface area contributed by atoms with Crippen molar-refractivity contribution < 1.29 is 48.0 Å². The molecule has 1 fully saturated rings. The van der Waals surface area contributed by atoms with Gasteiger partial charge in [0.2, 0.25) is 0 Å². The zero-order chi connectivity index (χ0) is 22.6. The van der Waals surface area contributed by atoms with E-state index in [0.717, 1.165) is 0 Å². The molecule has 0 saturated carbocycles. The molecule has 0 aromatic carbocycles. The van der Waals surface area contributed by atoms with Crippen LogP contribution in [0, 0.1) is 5.92 Å². The van der Waals surface area contributed by atoms with Gasteiger partial charge in [0.15, 0.2) is 24.3 Å². The highest BCUT2D eigenvalue weighted by Crippen LogP contribution is 2.37. The maximum Gasteiger partial charge on any atom is 0.469 e. The van der Waals surface area contributed by atoms with Gasteiger partial charge in [-0.2, -0.15) is 4.57 Å². The first-order valence-electron chi connectivity index (χ1n) is 9.43. The molecule has 1 aromatic rings. The number of carbonyl (C=O) groups excluding carboxylic acids is 2. The van der Waals surface area contributed by atoms with Gasteiger partial charge in [-0.25, -0.2) is 4.57 Å². The summed E-state index contributed by atoms with van der Waals surface area (Å²) in [6.07, 6.45) is -1.81. The number of phosphoric acid groups is 1. The number of amides is 1. The molecule has 11 nitrogen and oxygen atoms in total. The molecule has 1 saturated heterocycles. The minimum Gasteiger partial charge on any atom is -0.387 e. The highest BCUT2D eigenvalue weighted by molar-refractivity contribution is 7.46. The molecule has 1 aliphatic heterocycles. The molecule has 168 valence electrons. The topological polar surface area (TPSA) is 166 Å². The highest BCUT2D eigenvalue weighted by atomic mass is 31.2. The maximum absolute atomic E-state index is 12.6. The van der Waals surface area contributed by atoms with Crippen molar-refractivity contribution in [1.29, 1.82) is 0 Å². The Morgan fingerprint density at radius 3 is 2.53 bits per heavy atom. The Morgan fingerprint density at radius 1 is 1.30 bits per heavy atom. The van der Waals surface area contributed by atoms with Gasteiger partial charge in [0, 0.05) is 6.07 Å². The maximum atomic E-state index is 12.6. The van der Waals surface area contributed by atoms with Crippen molar-refractivity contribution in [3.8, 4) is 0 Å². The summed E-state index contributed by atoms with van der Waals surface area (Å²) in [4.78, 5) is 42.0. The number of Topliss-reactive ketones (excluding diaryl/α,β-unsaturated/α-hetero) is 1. The summed E-state index contributed by atoms with van der Waals surface area (Å²) in [5.74, 6) is -0.443. The Balaban J connectivity index is 2.13. The molecule has 30 heavy (non-hydrogen) atoms. The molecule has 0 spiro atoms. The lowest BCUT2D eigenvalue weighted by Gasteiger charge is -2.17. The molecule has 2 heterocycles. The first-order valence-corrected chi connectivity index (χ1v) is 11.0. The van der Waals surface area contributed by atoms with Crippen LogP contribution in [0.1, 0.15) is 43.8 Å². The second-order valence-electron chi connectivity index (χ2n) is 7.64. The summed E-state index contributed by atoms with van der Waals surface area (Å²) in [6.45, 7) is 4.66. The molecule has 1 aromatic heterocycles. The van der Waals surface area contributed by atoms with Crippen molar-refractivity contribution in [2.24, 2.45) is 5.92 Å². The zero-order valence-electron chi connectivity index (χ0n) is 16.9. The third-order valence-corrected chi connectivity index (χ3v) is 5.11. The van der Waals surface area contributed by atoms with Crippen molar-refractivity contribution in [1.82, 2.24) is 5.32 Å². The van der Waals surface area contributed by atoms with E-state index in [1.54, 1.807) is 0 Å². The quantitative estimate of drug-likeness (QED) is 0.246. The molecule has 5 atom stereocenters. The number of nitrogens with one attached hydrogen (secondary N) is 1. The van der Waals surface area contributed by atoms with Gasteiger partial charge in [0.25, 0.3) is 12.1 Å². The van der Waals surface area contributed by atoms with E-state index in [4.69, 9.17) is 14.5 Å². The molecule has 2 rings (SSSR count). The fourth-order valence-corrected chi connectivity index (χ4v) is 3.45. The van der Waals surface area contributed by atoms with Gasteiger partial charge in [-0.3, -0.25) is 14.1 Å². The van der Waals surface area contributed by atoms with Gasteiger partial charge in [0.1, 0.15) is 17.8 Å². The van der Waals surface area contributed by atoms with Crippen LogP contribution in [0.5, 0.6) is 0 Å². The van der Waals surface area contributed by atoms with Crippen LogP contribution in [-0.2, 0) is 18.6 Å². The summed E-state index contributed by atoms with van der Waals surface area (Å²) in [7, 11) is -4.77. The smallest absolute Gasteiger partial charge is 0.387 e. The predicted octanol–water partition coefficient (Wildman–Crippen LogP) is -0.564.